The molecule has 3 heteroatoms. The van der Waals surface area contributed by atoms with Gasteiger partial charge in [-0.2, -0.15) is 0 Å². The summed E-state index contributed by atoms with van der Waals surface area (Å²) in [6.45, 7) is 7.12. The Hall–Kier alpha value is -1.35. The highest BCUT2D eigenvalue weighted by Crippen LogP contribution is 2.30. The Labute approximate surface area is 192 Å². The summed E-state index contributed by atoms with van der Waals surface area (Å²) < 4.78 is 0. The smallest absolute Gasteiger partial charge is 0.220 e. The number of rotatable bonds is 19. The van der Waals surface area contributed by atoms with Gasteiger partial charge < -0.3 is 10.4 Å². The molecule has 1 rings (SSSR count). The van der Waals surface area contributed by atoms with Crippen LogP contribution in [0.4, 0.5) is 0 Å². The van der Waals surface area contributed by atoms with Crippen molar-refractivity contribution < 1.29 is 9.90 Å². The number of carbonyl (C=O) groups excluding carboxylic acids is 1. The second-order valence-electron chi connectivity index (χ2n) is 9.41. The number of aliphatic hydroxyl groups excluding tert-OH is 1. The maximum atomic E-state index is 11.6. The monoisotopic (exact) mass is 431 g/mol. The molecule has 31 heavy (non-hydrogen) atoms. The molecule has 0 radical (unpaired) electrons. The summed E-state index contributed by atoms with van der Waals surface area (Å²) in [5, 5.41) is 11.5. The molecule has 0 aliphatic rings. The zero-order valence-electron chi connectivity index (χ0n) is 20.7. The Morgan fingerprint density at radius 2 is 1.32 bits per heavy atom. The first-order chi connectivity index (χ1) is 15.1. The fraction of sp³-hybridized carbons (Fsp3) is 0.750. The zero-order valence-corrected chi connectivity index (χ0v) is 20.7. The van der Waals surface area contributed by atoms with E-state index in [2.05, 4.69) is 44.3 Å². The molecule has 1 aromatic rings. The van der Waals surface area contributed by atoms with Gasteiger partial charge in [-0.3, -0.25) is 4.79 Å². The van der Waals surface area contributed by atoms with Crippen molar-refractivity contribution in [3.63, 3.8) is 0 Å². The molecule has 0 spiro atoms. The van der Waals surface area contributed by atoms with E-state index < -0.39 is 0 Å². The van der Waals surface area contributed by atoms with Crippen LogP contribution < -0.4 is 5.32 Å². The Bertz CT molecular complexity index is 564. The van der Waals surface area contributed by atoms with Crippen LogP contribution in [0.25, 0.3) is 0 Å². The largest absolute Gasteiger partial charge is 0.395 e. The summed E-state index contributed by atoms with van der Waals surface area (Å²) >= 11 is 0. The maximum absolute atomic E-state index is 11.6. The van der Waals surface area contributed by atoms with Crippen LogP contribution in [0.5, 0.6) is 0 Å². The van der Waals surface area contributed by atoms with Crippen LogP contribution in [0.2, 0.25) is 0 Å². The highest BCUT2D eigenvalue weighted by atomic mass is 16.3. The minimum Gasteiger partial charge on any atom is -0.395 e. The Morgan fingerprint density at radius 1 is 0.806 bits per heavy atom. The second-order valence-corrected chi connectivity index (χ2v) is 9.41. The molecular weight excluding hydrogens is 382 g/mol. The van der Waals surface area contributed by atoms with Crippen molar-refractivity contribution in [2.75, 3.05) is 13.2 Å². The summed E-state index contributed by atoms with van der Waals surface area (Å²) in [6, 6.07) is 7.10. The van der Waals surface area contributed by atoms with Gasteiger partial charge in [0.2, 0.25) is 5.91 Å². The molecule has 0 aromatic heterocycles. The van der Waals surface area contributed by atoms with E-state index in [1.165, 1.54) is 88.2 Å². The third-order valence-electron chi connectivity index (χ3n) is 6.26. The molecule has 1 amide bonds. The number of hydrogen-bond acceptors (Lipinski definition) is 2. The first kappa shape index (κ1) is 27.7. The molecule has 2 N–H and O–H groups in total. The van der Waals surface area contributed by atoms with Gasteiger partial charge in [-0.25, -0.2) is 0 Å². The molecular formula is C28H49NO2. The normalized spacial score (nSPS) is 12.1. The van der Waals surface area contributed by atoms with Gasteiger partial charge in [0.25, 0.3) is 0 Å². The lowest BCUT2D eigenvalue weighted by Crippen LogP contribution is -2.25. The summed E-state index contributed by atoms with van der Waals surface area (Å²) in [5.74, 6) is 0.761. The fourth-order valence-electron chi connectivity index (χ4n) is 4.56. The molecule has 0 heterocycles. The van der Waals surface area contributed by atoms with Crippen molar-refractivity contribution in [1.29, 1.82) is 0 Å². The molecule has 3 nitrogen and oxygen atoms in total. The number of aliphatic hydroxyl groups is 1. The first-order valence-corrected chi connectivity index (χ1v) is 13.0. The molecule has 0 fully saturated rings. The van der Waals surface area contributed by atoms with Crippen molar-refractivity contribution >= 4 is 5.91 Å². The van der Waals surface area contributed by atoms with Gasteiger partial charge in [-0.15, -0.1) is 0 Å². The highest BCUT2D eigenvalue weighted by Gasteiger charge is 2.12. The van der Waals surface area contributed by atoms with E-state index in [9.17, 15) is 4.79 Å². The minimum absolute atomic E-state index is 0.0201. The van der Waals surface area contributed by atoms with E-state index in [4.69, 9.17) is 5.11 Å². The van der Waals surface area contributed by atoms with Gasteiger partial charge in [0.05, 0.1) is 6.61 Å². The van der Waals surface area contributed by atoms with Crippen LogP contribution in [0.3, 0.4) is 0 Å². The predicted octanol–water partition coefficient (Wildman–Crippen LogP) is 7.37. The topological polar surface area (TPSA) is 49.3 Å². The summed E-state index contributed by atoms with van der Waals surface area (Å²) in [7, 11) is 0. The van der Waals surface area contributed by atoms with Crippen LogP contribution in [0, 0.1) is 13.8 Å². The number of benzene rings is 1. The molecule has 0 saturated heterocycles. The average molecular weight is 432 g/mol. The molecule has 178 valence electrons. The lowest BCUT2D eigenvalue weighted by molar-refractivity contribution is -0.121. The second kappa shape index (κ2) is 18.2. The van der Waals surface area contributed by atoms with E-state index >= 15 is 0 Å². The predicted molar refractivity (Wildman–Crippen MR) is 134 cm³/mol. The van der Waals surface area contributed by atoms with Crippen LogP contribution in [-0.4, -0.2) is 24.2 Å². The first-order valence-electron chi connectivity index (χ1n) is 13.0. The number of carbonyl (C=O) groups is 1. The van der Waals surface area contributed by atoms with E-state index in [1.807, 2.05) is 0 Å². The molecule has 0 saturated carbocycles. The molecule has 1 atom stereocenters. The summed E-state index contributed by atoms with van der Waals surface area (Å²) in [5.41, 5.74) is 4.32. The molecule has 0 aliphatic carbocycles. The Balaban J connectivity index is 2.33. The third-order valence-corrected chi connectivity index (χ3v) is 6.26. The highest BCUT2D eigenvalue weighted by molar-refractivity contribution is 5.75. The Morgan fingerprint density at radius 3 is 1.87 bits per heavy atom. The van der Waals surface area contributed by atoms with Gasteiger partial charge in [-0.05, 0) is 44.6 Å². The van der Waals surface area contributed by atoms with Gasteiger partial charge >= 0.3 is 0 Å². The van der Waals surface area contributed by atoms with E-state index in [0.29, 0.717) is 18.9 Å². The standard InChI is InChI=1S/C28H49NO2/c1-4-5-6-7-8-10-13-16-26(27-22-24(2)21-25(3)23-27)17-14-11-9-12-15-18-28(31)29-19-20-30/h21-23,26,30H,4-20H2,1-3H3,(H,29,31). The number of aryl methyl sites for hydroxylation is 2. The van der Waals surface area contributed by atoms with Crippen molar-refractivity contribution in [2.24, 2.45) is 0 Å². The lowest BCUT2D eigenvalue weighted by Gasteiger charge is -2.19. The summed E-state index contributed by atoms with van der Waals surface area (Å²) in [6.07, 6.45) is 18.7. The van der Waals surface area contributed by atoms with Gasteiger partial charge in [0.15, 0.2) is 0 Å². The van der Waals surface area contributed by atoms with Crippen molar-refractivity contribution in [3.05, 3.63) is 34.9 Å². The van der Waals surface area contributed by atoms with E-state index in [1.54, 1.807) is 5.56 Å². The quantitative estimate of drug-likeness (QED) is 0.225. The number of hydrogen-bond donors (Lipinski definition) is 2. The lowest BCUT2D eigenvalue weighted by atomic mass is 9.86. The third kappa shape index (κ3) is 14.4. The van der Waals surface area contributed by atoms with Crippen LogP contribution in [0.15, 0.2) is 18.2 Å². The van der Waals surface area contributed by atoms with E-state index in [-0.39, 0.29) is 12.5 Å². The van der Waals surface area contributed by atoms with Gasteiger partial charge in [0.1, 0.15) is 0 Å². The Kier molecular flexibility index (Phi) is 16.3. The molecule has 0 bridgehead atoms. The SMILES string of the molecule is CCCCCCCCCC(CCCCCCCC(=O)NCCO)c1cc(C)cc(C)c1. The van der Waals surface area contributed by atoms with Crippen molar-refractivity contribution in [3.8, 4) is 0 Å². The summed E-state index contributed by atoms with van der Waals surface area (Å²) in [4.78, 5) is 11.6. The number of amides is 1. The van der Waals surface area contributed by atoms with Crippen LogP contribution in [-0.2, 0) is 4.79 Å². The minimum atomic E-state index is 0.0201. The van der Waals surface area contributed by atoms with Crippen LogP contribution in [0.1, 0.15) is 126 Å². The maximum Gasteiger partial charge on any atom is 0.220 e. The van der Waals surface area contributed by atoms with Gasteiger partial charge in [0, 0.05) is 13.0 Å². The molecule has 1 aromatic carbocycles. The average Bonchev–Trinajstić information content (AvgIpc) is 2.74. The zero-order chi connectivity index (χ0) is 22.7. The van der Waals surface area contributed by atoms with Gasteiger partial charge in [-0.1, -0.05) is 107 Å². The van der Waals surface area contributed by atoms with Crippen molar-refractivity contribution in [2.45, 2.75) is 123 Å². The van der Waals surface area contributed by atoms with Crippen LogP contribution >= 0.6 is 0 Å². The fourth-order valence-corrected chi connectivity index (χ4v) is 4.56. The number of unbranched alkanes of at least 4 members (excludes halogenated alkanes) is 10. The van der Waals surface area contributed by atoms with Crippen molar-refractivity contribution in [1.82, 2.24) is 5.32 Å². The molecule has 0 aliphatic heterocycles. The van der Waals surface area contributed by atoms with E-state index in [0.717, 1.165) is 12.8 Å². The molecule has 1 unspecified atom stereocenters. The number of nitrogens with one attached hydrogen (secondary N) is 1.